The number of urea groups is 1. The smallest absolute Gasteiger partial charge is 0.321 e. The van der Waals surface area contributed by atoms with E-state index in [0.717, 1.165) is 18.2 Å². The average Bonchev–Trinajstić information content (AvgIpc) is 2.45. The van der Waals surface area contributed by atoms with Gasteiger partial charge in [0.1, 0.15) is 11.6 Å². The lowest BCUT2D eigenvalue weighted by Gasteiger charge is -2.33. The van der Waals surface area contributed by atoms with E-state index in [1.807, 2.05) is 0 Å². The number of anilines is 1. The van der Waals surface area contributed by atoms with E-state index < -0.39 is 32.4 Å². The fourth-order valence-electron chi connectivity index (χ4n) is 2.43. The quantitative estimate of drug-likeness (QED) is 0.853. The highest BCUT2D eigenvalue weighted by molar-refractivity contribution is 7.90. The lowest BCUT2D eigenvalue weighted by Crippen LogP contribution is -2.50. The Hall–Kier alpha value is -1.74. The van der Waals surface area contributed by atoms with Gasteiger partial charge in [0.25, 0.3) is 0 Å². The minimum atomic E-state index is -3.45. The van der Waals surface area contributed by atoms with Crippen LogP contribution in [0, 0.1) is 11.6 Å². The van der Waals surface area contributed by atoms with E-state index in [1.54, 1.807) is 20.8 Å². The Morgan fingerprint density at radius 1 is 1.12 bits per heavy atom. The number of nitrogens with zero attached hydrogens (tertiary/aromatic N) is 1. The van der Waals surface area contributed by atoms with Crippen molar-refractivity contribution >= 4 is 21.7 Å². The summed E-state index contributed by atoms with van der Waals surface area (Å²) in [5, 5.41) is 2.45. The first-order valence-electron chi connectivity index (χ1n) is 8.02. The van der Waals surface area contributed by atoms with Crippen LogP contribution in [-0.4, -0.2) is 43.2 Å². The molecule has 0 aliphatic carbocycles. The van der Waals surface area contributed by atoms with Gasteiger partial charge < -0.3 is 10.2 Å². The van der Waals surface area contributed by atoms with Gasteiger partial charge in [-0.25, -0.2) is 26.7 Å². The number of hydrogen-bond acceptors (Lipinski definition) is 3. The number of amides is 2. The molecule has 0 atom stereocenters. The van der Waals surface area contributed by atoms with Gasteiger partial charge in [-0.1, -0.05) is 0 Å². The number of benzene rings is 1. The topological polar surface area (TPSA) is 78.5 Å². The molecular formula is C16H23F2N3O3S. The van der Waals surface area contributed by atoms with Crippen molar-refractivity contribution in [1.82, 2.24) is 9.62 Å². The maximum absolute atomic E-state index is 13.2. The van der Waals surface area contributed by atoms with Crippen molar-refractivity contribution in [3.63, 3.8) is 0 Å². The van der Waals surface area contributed by atoms with Crippen molar-refractivity contribution in [2.75, 3.05) is 18.4 Å². The molecule has 1 aliphatic rings. The van der Waals surface area contributed by atoms with E-state index in [4.69, 9.17) is 0 Å². The van der Waals surface area contributed by atoms with E-state index >= 15 is 0 Å². The summed E-state index contributed by atoms with van der Waals surface area (Å²) in [7, 11) is -3.45. The van der Waals surface area contributed by atoms with Gasteiger partial charge in [0, 0.05) is 30.9 Å². The van der Waals surface area contributed by atoms with Crippen molar-refractivity contribution in [2.45, 2.75) is 44.4 Å². The largest absolute Gasteiger partial charge is 0.324 e. The Balaban J connectivity index is 1.90. The minimum Gasteiger partial charge on any atom is -0.324 e. The van der Waals surface area contributed by atoms with Crippen LogP contribution in [0.1, 0.15) is 33.6 Å². The minimum absolute atomic E-state index is 0.0399. The standard InChI is InChI=1S/C16H23F2N3O3S/c1-16(2,3)25(23,24)20-13-4-6-21(7-5-13)15(22)19-14-9-11(17)8-12(18)10-14/h8-10,13,20H,4-7H2,1-3H3,(H,19,22). The van der Waals surface area contributed by atoms with Gasteiger partial charge >= 0.3 is 6.03 Å². The number of nitrogens with one attached hydrogen (secondary N) is 2. The van der Waals surface area contributed by atoms with E-state index in [0.29, 0.717) is 25.9 Å². The maximum atomic E-state index is 13.2. The van der Waals surface area contributed by atoms with Gasteiger partial charge in [0.2, 0.25) is 10.0 Å². The third-order valence-corrected chi connectivity index (χ3v) is 6.28. The van der Waals surface area contributed by atoms with E-state index in [9.17, 15) is 22.0 Å². The Bertz CT molecular complexity index is 719. The molecular weight excluding hydrogens is 352 g/mol. The normalized spacial score (nSPS) is 16.8. The summed E-state index contributed by atoms with van der Waals surface area (Å²) < 4.78 is 52.4. The predicted octanol–water partition coefficient (Wildman–Crippen LogP) is 2.68. The number of halogens is 2. The monoisotopic (exact) mass is 375 g/mol. The summed E-state index contributed by atoms with van der Waals surface area (Å²) in [6.45, 7) is 5.56. The molecule has 0 unspecified atom stereocenters. The molecule has 0 radical (unpaired) electrons. The van der Waals surface area contributed by atoms with Crippen molar-refractivity contribution in [3.05, 3.63) is 29.8 Å². The van der Waals surface area contributed by atoms with Crippen LogP contribution >= 0.6 is 0 Å². The molecule has 1 saturated heterocycles. The zero-order valence-corrected chi connectivity index (χ0v) is 15.3. The highest BCUT2D eigenvalue weighted by Gasteiger charge is 2.33. The van der Waals surface area contributed by atoms with Crippen LogP contribution in [0.2, 0.25) is 0 Å². The molecule has 1 aromatic carbocycles. The van der Waals surface area contributed by atoms with Crippen LogP contribution in [0.25, 0.3) is 0 Å². The molecule has 2 amide bonds. The van der Waals surface area contributed by atoms with Crippen molar-refractivity contribution in [1.29, 1.82) is 0 Å². The second-order valence-corrected chi connectivity index (χ2v) is 9.55. The first-order valence-corrected chi connectivity index (χ1v) is 9.50. The highest BCUT2D eigenvalue weighted by Crippen LogP contribution is 2.19. The van der Waals surface area contributed by atoms with Gasteiger partial charge in [0.05, 0.1) is 4.75 Å². The van der Waals surface area contributed by atoms with Gasteiger partial charge in [-0.3, -0.25) is 0 Å². The predicted molar refractivity (Wildman–Crippen MR) is 91.8 cm³/mol. The molecule has 1 fully saturated rings. The number of hydrogen-bond donors (Lipinski definition) is 2. The van der Waals surface area contributed by atoms with Crippen LogP contribution < -0.4 is 10.0 Å². The SMILES string of the molecule is CC(C)(C)S(=O)(=O)NC1CCN(C(=O)Nc2cc(F)cc(F)c2)CC1. The number of sulfonamides is 1. The van der Waals surface area contributed by atoms with Gasteiger partial charge in [0.15, 0.2) is 0 Å². The number of carbonyl (C=O) groups excluding carboxylic acids is 1. The Morgan fingerprint density at radius 3 is 2.12 bits per heavy atom. The van der Waals surface area contributed by atoms with E-state index in [2.05, 4.69) is 10.0 Å². The lowest BCUT2D eigenvalue weighted by atomic mass is 10.1. The fraction of sp³-hybridized carbons (Fsp3) is 0.562. The first kappa shape index (κ1) is 19.6. The van der Waals surface area contributed by atoms with Crippen molar-refractivity contribution in [2.24, 2.45) is 0 Å². The molecule has 0 spiro atoms. The van der Waals surface area contributed by atoms with Gasteiger partial charge in [-0.2, -0.15) is 0 Å². The Labute approximate surface area is 146 Å². The van der Waals surface area contributed by atoms with Crippen molar-refractivity contribution in [3.8, 4) is 0 Å². The molecule has 25 heavy (non-hydrogen) atoms. The summed E-state index contributed by atoms with van der Waals surface area (Å²) in [6.07, 6.45) is 0.945. The van der Waals surface area contributed by atoms with Crippen LogP contribution in [0.15, 0.2) is 18.2 Å². The van der Waals surface area contributed by atoms with E-state index in [-0.39, 0.29) is 11.7 Å². The molecule has 0 aromatic heterocycles. The van der Waals surface area contributed by atoms with Crippen LogP contribution in [0.4, 0.5) is 19.3 Å². The Morgan fingerprint density at radius 2 is 1.64 bits per heavy atom. The molecule has 6 nitrogen and oxygen atoms in total. The maximum Gasteiger partial charge on any atom is 0.321 e. The lowest BCUT2D eigenvalue weighted by molar-refractivity contribution is 0.193. The zero-order chi connectivity index (χ0) is 18.8. The zero-order valence-electron chi connectivity index (χ0n) is 14.5. The molecule has 2 rings (SSSR count). The molecule has 9 heteroatoms. The number of piperidine rings is 1. The number of carbonyl (C=O) groups is 1. The summed E-state index contributed by atoms with van der Waals surface area (Å²) >= 11 is 0. The summed E-state index contributed by atoms with van der Waals surface area (Å²) in [6, 6.07) is 2.08. The molecule has 1 heterocycles. The Kier molecular flexibility index (Phi) is 5.68. The van der Waals surface area contributed by atoms with Gasteiger partial charge in [-0.05, 0) is 45.7 Å². The molecule has 1 aromatic rings. The molecule has 0 saturated carbocycles. The molecule has 2 N–H and O–H groups in total. The van der Waals surface area contributed by atoms with Crippen molar-refractivity contribution < 1.29 is 22.0 Å². The second kappa shape index (κ2) is 7.25. The number of likely N-dealkylation sites (tertiary alicyclic amines) is 1. The highest BCUT2D eigenvalue weighted by atomic mass is 32.2. The van der Waals surface area contributed by atoms with Gasteiger partial charge in [-0.15, -0.1) is 0 Å². The fourth-order valence-corrected chi connectivity index (χ4v) is 3.45. The summed E-state index contributed by atoms with van der Waals surface area (Å²) in [4.78, 5) is 13.7. The molecule has 140 valence electrons. The molecule has 0 bridgehead atoms. The average molecular weight is 375 g/mol. The van der Waals surface area contributed by atoms with E-state index in [1.165, 1.54) is 4.90 Å². The third kappa shape index (κ3) is 5.12. The summed E-state index contributed by atoms with van der Waals surface area (Å²) in [5.41, 5.74) is 0.0399. The van der Waals surface area contributed by atoms with Crippen LogP contribution in [0.5, 0.6) is 0 Å². The first-order chi connectivity index (χ1) is 11.5. The van der Waals surface area contributed by atoms with Crippen LogP contribution in [0.3, 0.4) is 0 Å². The second-order valence-electron chi connectivity index (χ2n) is 7.08. The number of rotatable bonds is 3. The third-order valence-electron chi connectivity index (χ3n) is 4.02. The summed E-state index contributed by atoms with van der Waals surface area (Å²) in [5.74, 6) is -1.55. The molecule has 1 aliphatic heterocycles. The van der Waals surface area contributed by atoms with Crippen LogP contribution in [-0.2, 0) is 10.0 Å².